The van der Waals surface area contributed by atoms with Gasteiger partial charge in [-0.25, -0.2) is 9.37 Å². The van der Waals surface area contributed by atoms with Crippen molar-refractivity contribution in [3.05, 3.63) is 70.8 Å². The quantitative estimate of drug-likeness (QED) is 0.570. The molecule has 0 aliphatic carbocycles. The van der Waals surface area contributed by atoms with E-state index in [1.807, 2.05) is 6.07 Å². The first-order chi connectivity index (χ1) is 12.6. The molecule has 4 rings (SSSR count). The molecule has 0 atom stereocenters. The highest BCUT2D eigenvalue weighted by Gasteiger charge is 2.16. The number of halogens is 2. The lowest BCUT2D eigenvalue weighted by atomic mass is 10.2. The number of aromatic amines is 1. The van der Waals surface area contributed by atoms with Crippen molar-refractivity contribution < 1.29 is 13.6 Å². The molecule has 0 aliphatic rings. The second-order valence-electron chi connectivity index (χ2n) is 5.56. The van der Waals surface area contributed by atoms with Gasteiger partial charge in [-0.2, -0.15) is 5.10 Å². The molecule has 0 fully saturated rings. The van der Waals surface area contributed by atoms with Gasteiger partial charge in [0, 0.05) is 28.7 Å². The molecule has 2 N–H and O–H groups in total. The second-order valence-corrected chi connectivity index (χ2v) is 5.96. The van der Waals surface area contributed by atoms with Crippen molar-refractivity contribution in [1.82, 2.24) is 20.5 Å². The Bertz CT molecular complexity index is 1090. The zero-order valence-corrected chi connectivity index (χ0v) is 14.0. The zero-order valence-electron chi connectivity index (χ0n) is 13.3. The van der Waals surface area contributed by atoms with E-state index in [1.165, 1.54) is 18.4 Å². The highest BCUT2D eigenvalue weighted by atomic mass is 35.5. The maximum Gasteiger partial charge on any atom is 0.254 e. The van der Waals surface area contributed by atoms with Crippen molar-refractivity contribution in [1.29, 1.82) is 0 Å². The third-order valence-electron chi connectivity index (χ3n) is 3.93. The minimum atomic E-state index is -0.470. The van der Waals surface area contributed by atoms with Crippen LogP contribution in [0.15, 0.2) is 53.3 Å². The minimum absolute atomic E-state index is 0.0260. The molecule has 3 aromatic heterocycles. The Kier molecular flexibility index (Phi) is 4.14. The molecule has 1 aromatic carbocycles. The Labute approximate surface area is 152 Å². The van der Waals surface area contributed by atoms with Crippen LogP contribution in [0.1, 0.15) is 15.9 Å². The standard InChI is InChI=1S/C18H12ClFN4O2/c19-13-4-1-5-14(20)12(13)8-22-18(25)10-7-15(26-9-10)16-11-3-2-6-21-17(11)24-23-16/h1-7,9H,8H2,(H,22,25)(H,21,23,24). The SMILES string of the molecule is O=C(NCc1c(F)cccc1Cl)c1coc(-c2[nH]nc3ncccc23)c1. The molecule has 0 bridgehead atoms. The van der Waals surface area contributed by atoms with Gasteiger partial charge in [-0.15, -0.1) is 0 Å². The summed E-state index contributed by atoms with van der Waals surface area (Å²) in [5.41, 5.74) is 1.72. The average molecular weight is 371 g/mol. The molecule has 130 valence electrons. The molecular weight excluding hydrogens is 359 g/mol. The van der Waals surface area contributed by atoms with Gasteiger partial charge in [0.15, 0.2) is 11.4 Å². The van der Waals surface area contributed by atoms with Gasteiger partial charge < -0.3 is 9.73 Å². The van der Waals surface area contributed by atoms with E-state index in [1.54, 1.807) is 24.4 Å². The molecule has 0 saturated heterocycles. The van der Waals surface area contributed by atoms with Crippen molar-refractivity contribution in [3.63, 3.8) is 0 Å². The fourth-order valence-corrected chi connectivity index (χ4v) is 2.83. The number of pyridine rings is 1. The van der Waals surface area contributed by atoms with Gasteiger partial charge in [0.05, 0.1) is 5.56 Å². The molecule has 26 heavy (non-hydrogen) atoms. The number of carbonyl (C=O) groups is 1. The van der Waals surface area contributed by atoms with Crippen LogP contribution in [-0.2, 0) is 6.54 Å². The molecule has 0 spiro atoms. The Morgan fingerprint density at radius 1 is 1.31 bits per heavy atom. The van der Waals surface area contributed by atoms with E-state index in [-0.39, 0.29) is 17.1 Å². The number of hydrogen-bond acceptors (Lipinski definition) is 4. The highest BCUT2D eigenvalue weighted by molar-refractivity contribution is 6.31. The third-order valence-corrected chi connectivity index (χ3v) is 4.28. The van der Waals surface area contributed by atoms with E-state index in [2.05, 4.69) is 20.5 Å². The number of amides is 1. The maximum atomic E-state index is 13.8. The number of benzene rings is 1. The van der Waals surface area contributed by atoms with Crippen LogP contribution in [0.2, 0.25) is 5.02 Å². The highest BCUT2D eigenvalue weighted by Crippen LogP contribution is 2.27. The molecule has 8 heteroatoms. The Balaban J connectivity index is 1.53. The Hall–Kier alpha value is -3.19. The fraction of sp³-hybridized carbons (Fsp3) is 0.0556. The molecule has 6 nitrogen and oxygen atoms in total. The summed E-state index contributed by atoms with van der Waals surface area (Å²) in [6.07, 6.45) is 2.97. The van der Waals surface area contributed by atoms with E-state index in [0.29, 0.717) is 22.7 Å². The van der Waals surface area contributed by atoms with Crippen LogP contribution in [0, 0.1) is 5.82 Å². The van der Waals surface area contributed by atoms with Crippen LogP contribution in [0.4, 0.5) is 4.39 Å². The van der Waals surface area contributed by atoms with Crippen LogP contribution in [0.3, 0.4) is 0 Å². The van der Waals surface area contributed by atoms with Gasteiger partial charge in [0.2, 0.25) is 0 Å². The zero-order chi connectivity index (χ0) is 18.1. The number of H-pyrrole nitrogens is 1. The van der Waals surface area contributed by atoms with E-state index in [4.69, 9.17) is 16.0 Å². The summed E-state index contributed by atoms with van der Waals surface area (Å²) < 4.78 is 19.2. The lowest BCUT2D eigenvalue weighted by Gasteiger charge is -2.06. The molecule has 4 aromatic rings. The molecule has 0 saturated carbocycles. The van der Waals surface area contributed by atoms with Crippen molar-refractivity contribution in [2.24, 2.45) is 0 Å². The Morgan fingerprint density at radius 2 is 2.19 bits per heavy atom. The van der Waals surface area contributed by atoms with Crippen LogP contribution in [0.25, 0.3) is 22.5 Å². The Morgan fingerprint density at radius 3 is 3.04 bits per heavy atom. The summed E-state index contributed by atoms with van der Waals surface area (Å²) in [6.45, 7) is -0.0260. The topological polar surface area (TPSA) is 83.8 Å². The lowest BCUT2D eigenvalue weighted by molar-refractivity contribution is 0.0950. The fourth-order valence-electron chi connectivity index (χ4n) is 2.60. The van der Waals surface area contributed by atoms with Gasteiger partial charge in [0.25, 0.3) is 5.91 Å². The summed E-state index contributed by atoms with van der Waals surface area (Å²) >= 11 is 5.96. The maximum absolute atomic E-state index is 13.8. The third kappa shape index (κ3) is 2.93. The molecular formula is C18H12ClFN4O2. The summed E-state index contributed by atoms with van der Waals surface area (Å²) in [6, 6.07) is 9.59. The summed E-state index contributed by atoms with van der Waals surface area (Å²) in [5, 5.41) is 10.6. The summed E-state index contributed by atoms with van der Waals surface area (Å²) in [5.74, 6) is -0.419. The van der Waals surface area contributed by atoms with Gasteiger partial charge in [-0.05, 0) is 30.3 Å². The molecule has 3 heterocycles. The van der Waals surface area contributed by atoms with Gasteiger partial charge in [0.1, 0.15) is 17.8 Å². The minimum Gasteiger partial charge on any atom is -0.462 e. The predicted molar refractivity (Wildman–Crippen MR) is 94.2 cm³/mol. The first-order valence-corrected chi connectivity index (χ1v) is 8.10. The van der Waals surface area contributed by atoms with Gasteiger partial charge in [-0.1, -0.05) is 17.7 Å². The normalized spacial score (nSPS) is 11.0. The lowest BCUT2D eigenvalue weighted by Crippen LogP contribution is -2.23. The first-order valence-electron chi connectivity index (χ1n) is 7.72. The summed E-state index contributed by atoms with van der Waals surface area (Å²) in [7, 11) is 0. The number of carbonyl (C=O) groups excluding carboxylic acids is 1. The van der Waals surface area contributed by atoms with Crippen molar-refractivity contribution in [2.75, 3.05) is 0 Å². The molecule has 0 radical (unpaired) electrons. The summed E-state index contributed by atoms with van der Waals surface area (Å²) in [4.78, 5) is 16.4. The number of rotatable bonds is 4. The van der Waals surface area contributed by atoms with E-state index in [0.717, 1.165) is 5.39 Å². The number of nitrogens with one attached hydrogen (secondary N) is 2. The number of nitrogens with zero attached hydrogens (tertiary/aromatic N) is 2. The first kappa shape index (κ1) is 16.3. The van der Waals surface area contributed by atoms with Gasteiger partial charge >= 0.3 is 0 Å². The smallest absolute Gasteiger partial charge is 0.254 e. The monoisotopic (exact) mass is 370 g/mol. The molecule has 0 unspecified atom stereocenters. The van der Waals surface area contributed by atoms with Crippen molar-refractivity contribution in [3.8, 4) is 11.5 Å². The number of hydrogen-bond donors (Lipinski definition) is 2. The van der Waals surface area contributed by atoms with E-state index in [9.17, 15) is 9.18 Å². The van der Waals surface area contributed by atoms with Crippen LogP contribution in [0.5, 0.6) is 0 Å². The van der Waals surface area contributed by atoms with Crippen molar-refractivity contribution >= 4 is 28.5 Å². The van der Waals surface area contributed by atoms with Crippen LogP contribution in [-0.4, -0.2) is 21.1 Å². The largest absolute Gasteiger partial charge is 0.462 e. The predicted octanol–water partition coefficient (Wildman–Crippen LogP) is 3.94. The number of furan rings is 1. The second kappa shape index (κ2) is 6.61. The number of aromatic nitrogens is 3. The van der Waals surface area contributed by atoms with Crippen LogP contribution >= 0.6 is 11.6 Å². The van der Waals surface area contributed by atoms with Gasteiger partial charge in [-0.3, -0.25) is 9.89 Å². The average Bonchev–Trinajstić information content (AvgIpc) is 3.28. The van der Waals surface area contributed by atoms with E-state index >= 15 is 0 Å². The molecule has 0 aliphatic heterocycles. The van der Waals surface area contributed by atoms with Crippen molar-refractivity contribution in [2.45, 2.75) is 6.54 Å². The van der Waals surface area contributed by atoms with E-state index < -0.39 is 11.7 Å². The number of fused-ring (bicyclic) bond motifs is 1. The molecule has 1 amide bonds. The van der Waals surface area contributed by atoms with Crippen LogP contribution < -0.4 is 5.32 Å².